The number of anilines is 1. The summed E-state index contributed by atoms with van der Waals surface area (Å²) in [5, 5.41) is 9.49. The first-order chi connectivity index (χ1) is 18.3. The summed E-state index contributed by atoms with van der Waals surface area (Å²) < 4.78 is 75.4. The predicted octanol–water partition coefficient (Wildman–Crippen LogP) is 4.51. The normalized spacial score (nSPS) is 11.5. The average molecular weight is 583 g/mol. The van der Waals surface area contributed by atoms with Gasteiger partial charge in [0.2, 0.25) is 10.0 Å². The van der Waals surface area contributed by atoms with Gasteiger partial charge in [0.1, 0.15) is 23.8 Å². The number of ether oxygens (including phenoxy) is 2. The van der Waals surface area contributed by atoms with Crippen molar-refractivity contribution in [1.82, 2.24) is 9.71 Å². The fourth-order valence-corrected chi connectivity index (χ4v) is 4.26. The number of sulfonamides is 1. The van der Waals surface area contributed by atoms with Crippen LogP contribution in [0.25, 0.3) is 11.1 Å². The highest BCUT2D eigenvalue weighted by atomic mass is 35.5. The summed E-state index contributed by atoms with van der Waals surface area (Å²) in [4.78, 5) is 18.4. The van der Waals surface area contributed by atoms with Gasteiger partial charge in [0, 0.05) is 37.0 Å². The van der Waals surface area contributed by atoms with Crippen LogP contribution in [0.4, 0.5) is 18.9 Å². The summed E-state index contributed by atoms with van der Waals surface area (Å²) in [6.07, 6.45) is -2.94. The summed E-state index contributed by atoms with van der Waals surface area (Å²) in [6, 6.07) is 11.5. The van der Waals surface area contributed by atoms with Crippen LogP contribution in [0, 0.1) is 11.3 Å². The highest BCUT2D eigenvalue weighted by Crippen LogP contribution is 2.38. The van der Waals surface area contributed by atoms with Crippen LogP contribution in [-0.4, -0.2) is 52.9 Å². The Labute approximate surface area is 227 Å². The zero-order valence-electron chi connectivity index (χ0n) is 20.8. The molecule has 0 atom stereocenters. The van der Waals surface area contributed by atoms with Crippen LogP contribution in [0.15, 0.2) is 48.7 Å². The summed E-state index contributed by atoms with van der Waals surface area (Å²) in [7, 11) is -0.589. The van der Waals surface area contributed by atoms with Gasteiger partial charge in [-0.3, -0.25) is 9.78 Å². The molecule has 1 aromatic heterocycles. The van der Waals surface area contributed by atoms with Gasteiger partial charge < -0.3 is 14.4 Å². The number of hydrogen-bond donors (Lipinski definition) is 1. The van der Waals surface area contributed by atoms with Gasteiger partial charge >= 0.3 is 6.18 Å². The number of pyridine rings is 1. The van der Waals surface area contributed by atoms with Crippen molar-refractivity contribution in [3.05, 3.63) is 70.5 Å². The molecule has 3 aromatic rings. The van der Waals surface area contributed by atoms with E-state index in [0.29, 0.717) is 17.5 Å². The fraction of sp³-hybridized carbons (Fsp3) is 0.240. The molecule has 0 aliphatic rings. The van der Waals surface area contributed by atoms with Gasteiger partial charge in [-0.2, -0.15) is 18.4 Å². The number of nitriles is 1. The second kappa shape index (κ2) is 11.9. The molecule has 0 bridgehead atoms. The number of carbonyl (C=O) groups excluding carboxylic acids is 1. The third-order valence-corrected chi connectivity index (χ3v) is 6.42. The monoisotopic (exact) mass is 582 g/mol. The molecule has 1 N–H and O–H groups in total. The maximum Gasteiger partial charge on any atom is 0.433 e. The molecule has 0 spiro atoms. The molecule has 0 unspecified atom stereocenters. The van der Waals surface area contributed by atoms with Gasteiger partial charge in [-0.1, -0.05) is 23.7 Å². The van der Waals surface area contributed by atoms with Crippen molar-refractivity contribution in [3.63, 3.8) is 0 Å². The molecule has 9 nitrogen and oxygen atoms in total. The summed E-state index contributed by atoms with van der Waals surface area (Å²) in [6.45, 7) is -0.289. The minimum atomic E-state index is -4.77. The number of halogens is 4. The Morgan fingerprint density at radius 3 is 2.49 bits per heavy atom. The largest absolute Gasteiger partial charge is 0.495 e. The quantitative estimate of drug-likeness (QED) is 0.369. The van der Waals surface area contributed by atoms with Crippen molar-refractivity contribution in [2.75, 3.05) is 38.5 Å². The van der Waals surface area contributed by atoms with Gasteiger partial charge in [0.05, 0.1) is 41.3 Å². The minimum Gasteiger partial charge on any atom is -0.495 e. The molecule has 14 heteroatoms. The van der Waals surface area contributed by atoms with Crippen LogP contribution in [0.5, 0.6) is 11.5 Å². The number of hydrogen-bond acceptors (Lipinski definition) is 7. The fourth-order valence-electron chi connectivity index (χ4n) is 3.55. The lowest BCUT2D eigenvalue weighted by molar-refractivity contribution is -0.141. The van der Waals surface area contributed by atoms with Gasteiger partial charge in [0.25, 0.3) is 5.91 Å². The Morgan fingerprint density at radius 2 is 1.87 bits per heavy atom. The number of alkyl halides is 3. The van der Waals surface area contributed by atoms with Crippen LogP contribution in [-0.2, 0) is 16.2 Å². The highest BCUT2D eigenvalue weighted by molar-refractivity contribution is 7.88. The van der Waals surface area contributed by atoms with Gasteiger partial charge in [-0.05, 0) is 24.3 Å². The summed E-state index contributed by atoms with van der Waals surface area (Å²) in [5.41, 5.74) is -1.25. The Morgan fingerprint density at radius 1 is 1.18 bits per heavy atom. The number of methoxy groups -OCH3 is 1. The number of nitrogens with one attached hydrogen (secondary N) is 1. The smallest absolute Gasteiger partial charge is 0.433 e. The molecule has 0 radical (unpaired) electrons. The van der Waals surface area contributed by atoms with Crippen molar-refractivity contribution in [2.45, 2.75) is 6.18 Å². The second-order valence-corrected chi connectivity index (χ2v) is 10.3. The van der Waals surface area contributed by atoms with Crippen LogP contribution in [0.1, 0.15) is 21.6 Å². The molecule has 1 amide bonds. The zero-order valence-corrected chi connectivity index (χ0v) is 22.4. The molecular weight excluding hydrogens is 561 g/mol. The lowest BCUT2D eigenvalue weighted by atomic mass is 9.98. The first-order valence-corrected chi connectivity index (χ1v) is 13.3. The average Bonchev–Trinajstić information content (AvgIpc) is 2.89. The third-order valence-electron chi connectivity index (χ3n) is 5.38. The topological polar surface area (TPSA) is 122 Å². The van der Waals surface area contributed by atoms with Gasteiger partial charge in [-0.15, -0.1) is 0 Å². The maximum absolute atomic E-state index is 13.7. The van der Waals surface area contributed by atoms with E-state index in [0.717, 1.165) is 12.5 Å². The Kier molecular flexibility index (Phi) is 9.06. The predicted molar refractivity (Wildman–Crippen MR) is 138 cm³/mol. The third kappa shape index (κ3) is 7.17. The maximum atomic E-state index is 13.7. The van der Waals surface area contributed by atoms with E-state index in [2.05, 4.69) is 9.71 Å². The first-order valence-electron chi connectivity index (χ1n) is 11.1. The molecule has 39 heavy (non-hydrogen) atoms. The molecular formula is C25H22ClF3N4O5S. The Bertz CT molecular complexity index is 1540. The molecule has 1 heterocycles. The van der Waals surface area contributed by atoms with Crippen LogP contribution < -0.4 is 19.1 Å². The number of aromatic nitrogens is 1. The molecule has 0 saturated carbocycles. The van der Waals surface area contributed by atoms with Crippen LogP contribution >= 0.6 is 11.6 Å². The number of amides is 1. The number of benzene rings is 2. The number of carbonyl (C=O) groups is 1. The molecule has 3 rings (SSSR count). The Hall–Kier alpha value is -3.86. The van der Waals surface area contributed by atoms with Crippen LogP contribution in [0.2, 0.25) is 5.02 Å². The molecule has 0 aliphatic carbocycles. The highest BCUT2D eigenvalue weighted by Gasteiger charge is 2.33. The standard InChI is InChI=1S/C25H22ClF3N4O5S/c1-33(20-6-4-5-7-21(20)37-2)24(34)17-11-16(18-14-31-23(25(27,28)29)10-15(18)13-30)19(26)12-22(17)38-9-8-32-39(3,35)36/h4-7,10-12,14,32H,8-9H2,1-3H3. The van der Waals surface area contributed by atoms with E-state index < -0.39 is 27.8 Å². The molecule has 0 fully saturated rings. The van der Waals surface area contributed by atoms with E-state index in [1.165, 1.54) is 31.2 Å². The van der Waals surface area contributed by atoms with E-state index in [-0.39, 0.29) is 46.2 Å². The number of para-hydroxylation sites is 2. The van der Waals surface area contributed by atoms with E-state index >= 15 is 0 Å². The van der Waals surface area contributed by atoms with E-state index in [9.17, 15) is 31.6 Å². The van der Waals surface area contributed by atoms with Crippen molar-refractivity contribution in [3.8, 4) is 28.7 Å². The summed E-state index contributed by atoms with van der Waals surface area (Å²) in [5.74, 6) is -0.243. The van der Waals surface area contributed by atoms with Crippen molar-refractivity contribution in [1.29, 1.82) is 5.26 Å². The van der Waals surface area contributed by atoms with Crippen molar-refractivity contribution in [2.24, 2.45) is 0 Å². The summed E-state index contributed by atoms with van der Waals surface area (Å²) >= 11 is 6.43. The van der Waals surface area contributed by atoms with Crippen molar-refractivity contribution >= 4 is 33.2 Å². The number of nitrogens with zero attached hydrogens (tertiary/aromatic N) is 3. The number of rotatable bonds is 9. The minimum absolute atomic E-state index is 0.0239. The van der Waals surface area contributed by atoms with E-state index in [1.54, 1.807) is 30.3 Å². The molecule has 2 aromatic carbocycles. The molecule has 0 aliphatic heterocycles. The zero-order chi connectivity index (χ0) is 29.0. The van der Waals surface area contributed by atoms with Gasteiger partial charge in [0.15, 0.2) is 0 Å². The molecule has 206 valence electrons. The van der Waals surface area contributed by atoms with Crippen LogP contribution in [0.3, 0.4) is 0 Å². The first kappa shape index (κ1) is 29.7. The van der Waals surface area contributed by atoms with E-state index in [1.807, 2.05) is 0 Å². The van der Waals surface area contributed by atoms with Gasteiger partial charge in [-0.25, -0.2) is 13.1 Å². The molecule has 0 saturated heterocycles. The SMILES string of the molecule is COc1ccccc1N(C)C(=O)c1cc(-c2cnc(C(F)(F)F)cc2C#N)c(Cl)cc1OCCNS(C)(=O)=O. The lowest BCUT2D eigenvalue weighted by Crippen LogP contribution is -2.29. The van der Waals surface area contributed by atoms with Crippen molar-refractivity contribution < 1.29 is 35.9 Å². The second-order valence-electron chi connectivity index (χ2n) is 8.10. The lowest BCUT2D eigenvalue weighted by Gasteiger charge is -2.22. The van der Waals surface area contributed by atoms with E-state index in [4.69, 9.17) is 21.1 Å². The Balaban J connectivity index is 2.13.